The maximum Gasteiger partial charge on any atom is 0.422 e. The number of nitrogens with zero attached hydrogens (tertiary/aromatic N) is 1. The van der Waals surface area contributed by atoms with Crippen LogP contribution in [0.5, 0.6) is 0 Å². The van der Waals surface area contributed by atoms with Gasteiger partial charge in [0.15, 0.2) is 0 Å². The van der Waals surface area contributed by atoms with Crippen molar-refractivity contribution in [1.82, 2.24) is 4.57 Å². The summed E-state index contributed by atoms with van der Waals surface area (Å²) in [6.07, 6.45) is 0.707. The Labute approximate surface area is 114 Å². The summed E-state index contributed by atoms with van der Waals surface area (Å²) in [6.45, 7) is 0.479. The number of hydrogen-bond donors (Lipinski definition) is 0. The Hall–Kier alpha value is -2.62. The molecule has 0 bridgehead atoms. The Morgan fingerprint density at radius 2 is 1.60 bits per heavy atom. The first-order valence-corrected chi connectivity index (χ1v) is 6.42. The van der Waals surface area contributed by atoms with Gasteiger partial charge in [-0.2, -0.15) is 0 Å². The zero-order valence-electron chi connectivity index (χ0n) is 10.8. The van der Waals surface area contributed by atoms with Crippen LogP contribution in [0.4, 0.5) is 0 Å². The molecule has 3 rings (SSSR count). The highest BCUT2D eigenvalue weighted by atomic mass is 16.4. The second-order valence-corrected chi connectivity index (χ2v) is 4.56. The van der Waals surface area contributed by atoms with E-state index in [4.69, 9.17) is 4.42 Å². The summed E-state index contributed by atoms with van der Waals surface area (Å²) in [5.41, 5.74) is 1.17. The molecule has 0 saturated carbocycles. The van der Waals surface area contributed by atoms with Crippen LogP contribution in [-0.4, -0.2) is 4.57 Å². The van der Waals surface area contributed by atoms with Crippen LogP contribution in [0.25, 0.3) is 10.9 Å². The number of fused-ring (bicyclic) bond motifs is 1. The number of hydrogen-bond acceptors (Lipinski definition) is 3. The lowest BCUT2D eigenvalue weighted by Crippen LogP contribution is -2.25. The van der Waals surface area contributed by atoms with Crippen molar-refractivity contribution in [3.8, 4) is 0 Å². The van der Waals surface area contributed by atoms with Crippen molar-refractivity contribution in [1.29, 1.82) is 0 Å². The van der Waals surface area contributed by atoms with Crippen molar-refractivity contribution in [2.75, 3.05) is 0 Å². The molecule has 0 aliphatic carbocycles. The van der Waals surface area contributed by atoms with Crippen molar-refractivity contribution < 1.29 is 4.42 Å². The fourth-order valence-corrected chi connectivity index (χ4v) is 2.27. The lowest BCUT2D eigenvalue weighted by molar-refractivity contribution is 0.416. The van der Waals surface area contributed by atoms with Gasteiger partial charge in [-0.3, -0.25) is 4.57 Å². The van der Waals surface area contributed by atoms with Gasteiger partial charge in [-0.1, -0.05) is 42.5 Å². The Balaban J connectivity index is 2.03. The van der Waals surface area contributed by atoms with E-state index >= 15 is 0 Å². The maximum atomic E-state index is 11.9. The second kappa shape index (κ2) is 5.17. The molecule has 1 heterocycles. The van der Waals surface area contributed by atoms with Crippen molar-refractivity contribution in [3.63, 3.8) is 0 Å². The van der Waals surface area contributed by atoms with Crippen LogP contribution in [-0.2, 0) is 13.0 Å². The Bertz CT molecular complexity index is 847. The number of para-hydroxylation sites is 1. The molecular weight excluding hydrogens is 254 g/mol. The molecule has 0 radical (unpaired) electrons. The normalized spacial score (nSPS) is 10.8. The molecule has 0 aliphatic rings. The average molecular weight is 267 g/mol. The smallest absolute Gasteiger partial charge is 0.372 e. The SMILES string of the molecule is O=c1oc(=O)n(CCc2ccccc2)c2ccccc12. The van der Waals surface area contributed by atoms with E-state index in [1.165, 1.54) is 4.57 Å². The van der Waals surface area contributed by atoms with Crippen molar-refractivity contribution in [2.45, 2.75) is 13.0 Å². The summed E-state index contributed by atoms with van der Waals surface area (Å²) in [4.78, 5) is 23.5. The monoisotopic (exact) mass is 267 g/mol. The molecule has 3 aromatic rings. The molecule has 0 N–H and O–H groups in total. The maximum absolute atomic E-state index is 11.9. The minimum absolute atomic E-state index is 0.431. The highest BCUT2D eigenvalue weighted by Crippen LogP contribution is 2.08. The topological polar surface area (TPSA) is 52.2 Å². The highest BCUT2D eigenvalue weighted by Gasteiger charge is 2.08. The van der Waals surface area contributed by atoms with E-state index < -0.39 is 11.4 Å². The fourth-order valence-electron chi connectivity index (χ4n) is 2.27. The highest BCUT2D eigenvalue weighted by molar-refractivity contribution is 5.77. The molecule has 2 aromatic carbocycles. The third-order valence-corrected chi connectivity index (χ3v) is 3.28. The van der Waals surface area contributed by atoms with Crippen LogP contribution in [0.1, 0.15) is 5.56 Å². The second-order valence-electron chi connectivity index (χ2n) is 4.56. The van der Waals surface area contributed by atoms with Gasteiger partial charge in [0.25, 0.3) is 0 Å². The zero-order valence-corrected chi connectivity index (χ0v) is 10.8. The van der Waals surface area contributed by atoms with Gasteiger partial charge in [0, 0.05) is 6.54 Å². The van der Waals surface area contributed by atoms with E-state index in [0.717, 1.165) is 5.56 Å². The van der Waals surface area contributed by atoms with E-state index in [2.05, 4.69) is 0 Å². The first kappa shape index (κ1) is 12.4. The molecule has 20 heavy (non-hydrogen) atoms. The summed E-state index contributed by atoms with van der Waals surface area (Å²) < 4.78 is 6.27. The summed E-state index contributed by atoms with van der Waals surface area (Å²) >= 11 is 0. The molecule has 1 aromatic heterocycles. The van der Waals surface area contributed by atoms with Gasteiger partial charge < -0.3 is 4.42 Å². The molecule has 0 amide bonds. The minimum atomic E-state index is -0.607. The minimum Gasteiger partial charge on any atom is -0.372 e. The first-order valence-electron chi connectivity index (χ1n) is 6.42. The first-order chi connectivity index (χ1) is 9.75. The lowest BCUT2D eigenvalue weighted by atomic mass is 10.1. The van der Waals surface area contributed by atoms with Crippen molar-refractivity contribution in [3.05, 3.63) is 81.1 Å². The Kier molecular flexibility index (Phi) is 3.21. The fraction of sp³-hybridized carbons (Fsp3) is 0.125. The molecule has 100 valence electrons. The van der Waals surface area contributed by atoms with Crippen LogP contribution in [0.3, 0.4) is 0 Å². The van der Waals surface area contributed by atoms with Crippen molar-refractivity contribution in [2.24, 2.45) is 0 Å². The van der Waals surface area contributed by atoms with E-state index in [9.17, 15) is 9.59 Å². The molecular formula is C16H13NO3. The van der Waals surface area contributed by atoms with E-state index in [1.54, 1.807) is 24.3 Å². The van der Waals surface area contributed by atoms with Gasteiger partial charge in [-0.05, 0) is 24.1 Å². The van der Waals surface area contributed by atoms with E-state index in [1.807, 2.05) is 30.3 Å². The standard InChI is InChI=1S/C16H13NO3/c18-15-13-8-4-5-9-14(13)17(16(19)20-15)11-10-12-6-2-1-3-7-12/h1-9H,10-11H2. The van der Waals surface area contributed by atoms with Gasteiger partial charge in [0.1, 0.15) is 0 Å². The Morgan fingerprint density at radius 3 is 2.40 bits per heavy atom. The van der Waals surface area contributed by atoms with Gasteiger partial charge in [-0.25, -0.2) is 9.59 Å². The molecule has 0 aliphatic heterocycles. The summed E-state index contributed by atoms with van der Waals surface area (Å²) in [7, 11) is 0. The van der Waals surface area contributed by atoms with Crippen molar-refractivity contribution >= 4 is 10.9 Å². The quantitative estimate of drug-likeness (QED) is 0.731. The summed E-state index contributed by atoms with van der Waals surface area (Å²) in [6, 6.07) is 16.9. The molecule has 0 fully saturated rings. The third kappa shape index (κ3) is 2.28. The van der Waals surface area contributed by atoms with E-state index in [0.29, 0.717) is 23.9 Å². The predicted molar refractivity (Wildman–Crippen MR) is 76.9 cm³/mol. The number of aryl methyl sites for hydroxylation is 2. The number of benzene rings is 2. The Morgan fingerprint density at radius 1 is 0.900 bits per heavy atom. The van der Waals surface area contributed by atoms with Crippen LogP contribution >= 0.6 is 0 Å². The molecule has 0 spiro atoms. The van der Waals surface area contributed by atoms with Gasteiger partial charge in [-0.15, -0.1) is 0 Å². The molecule has 4 nitrogen and oxygen atoms in total. The molecule has 0 unspecified atom stereocenters. The van der Waals surface area contributed by atoms with Crippen LogP contribution in [0, 0.1) is 0 Å². The number of aromatic nitrogens is 1. The largest absolute Gasteiger partial charge is 0.422 e. The predicted octanol–water partition coefficient (Wildman–Crippen LogP) is 2.20. The summed E-state index contributed by atoms with van der Waals surface area (Å²) in [5, 5.41) is 0.431. The van der Waals surface area contributed by atoms with Crippen LogP contribution < -0.4 is 11.4 Å². The third-order valence-electron chi connectivity index (χ3n) is 3.28. The van der Waals surface area contributed by atoms with E-state index in [-0.39, 0.29) is 0 Å². The molecule has 4 heteroatoms. The zero-order chi connectivity index (χ0) is 13.9. The lowest BCUT2D eigenvalue weighted by Gasteiger charge is -2.08. The van der Waals surface area contributed by atoms with Crippen LogP contribution in [0.2, 0.25) is 0 Å². The molecule has 0 saturated heterocycles. The number of rotatable bonds is 3. The average Bonchev–Trinajstić information content (AvgIpc) is 2.48. The van der Waals surface area contributed by atoms with Gasteiger partial charge in [0.2, 0.25) is 0 Å². The van der Waals surface area contributed by atoms with Gasteiger partial charge >= 0.3 is 11.4 Å². The van der Waals surface area contributed by atoms with Gasteiger partial charge in [0.05, 0.1) is 10.9 Å². The van der Waals surface area contributed by atoms with Crippen LogP contribution in [0.15, 0.2) is 68.6 Å². The molecule has 0 atom stereocenters. The summed E-state index contributed by atoms with van der Waals surface area (Å²) in [5.74, 6) is -0.607.